The Bertz CT molecular complexity index is 660. The van der Waals surface area contributed by atoms with Gasteiger partial charge in [-0.05, 0) is 97.3 Å². The van der Waals surface area contributed by atoms with E-state index in [0.29, 0.717) is 24.4 Å². The first-order valence-electron chi connectivity index (χ1n) is 11.6. The van der Waals surface area contributed by atoms with E-state index in [1.54, 1.807) is 0 Å². The topological polar surface area (TPSA) is 25.1 Å². The van der Waals surface area contributed by atoms with Crippen LogP contribution in [0, 0.1) is 24.0 Å². The highest BCUT2D eigenvalue weighted by atomic mass is 16.6. The highest BCUT2D eigenvalue weighted by Crippen LogP contribution is 2.48. The first-order valence-corrected chi connectivity index (χ1v) is 11.6. The lowest BCUT2D eigenvalue weighted by Gasteiger charge is -2.38. The Morgan fingerprint density at radius 1 is 0.714 bits per heavy atom. The van der Waals surface area contributed by atoms with Gasteiger partial charge in [0.1, 0.15) is 0 Å². The quantitative estimate of drug-likeness (QED) is 0.586. The molecule has 6 unspecified atom stereocenters. The molecule has 6 atom stereocenters. The van der Waals surface area contributed by atoms with E-state index in [1.807, 2.05) is 0 Å². The molecule has 4 fully saturated rings. The lowest BCUT2D eigenvalue weighted by Crippen LogP contribution is -2.31. The molecule has 2 nitrogen and oxygen atoms in total. The monoisotopic (exact) mass is 380 g/mol. The van der Waals surface area contributed by atoms with Crippen LogP contribution in [0.4, 0.5) is 0 Å². The van der Waals surface area contributed by atoms with Crippen LogP contribution in [0.15, 0.2) is 12.1 Å². The molecule has 0 aromatic heterocycles. The van der Waals surface area contributed by atoms with Crippen LogP contribution in [0.5, 0.6) is 0 Å². The minimum atomic E-state index is 0.133. The predicted octanol–water partition coefficient (Wildman–Crippen LogP) is 5.76. The SMILES string of the molecule is CC(C)(CC1CCC2OC2C1)c1[c]cc[c]c1C(C)(C)CC1CCC2OC2C1. The number of benzene rings is 1. The summed E-state index contributed by atoms with van der Waals surface area (Å²) >= 11 is 0. The average molecular weight is 381 g/mol. The summed E-state index contributed by atoms with van der Waals surface area (Å²) in [4.78, 5) is 0. The molecule has 152 valence electrons. The summed E-state index contributed by atoms with van der Waals surface area (Å²) in [6.45, 7) is 9.70. The number of hydrogen-bond donors (Lipinski definition) is 0. The largest absolute Gasteiger partial charge is 0.370 e. The van der Waals surface area contributed by atoms with Crippen LogP contribution < -0.4 is 0 Å². The normalized spacial score (nSPS) is 37.1. The van der Waals surface area contributed by atoms with Crippen LogP contribution in [0.2, 0.25) is 0 Å². The predicted molar refractivity (Wildman–Crippen MR) is 111 cm³/mol. The zero-order chi connectivity index (χ0) is 19.5. The second kappa shape index (κ2) is 6.84. The Balaban J connectivity index is 1.33. The van der Waals surface area contributed by atoms with Gasteiger partial charge in [0.15, 0.2) is 0 Å². The summed E-state index contributed by atoms with van der Waals surface area (Å²) in [5.41, 5.74) is 3.06. The second-order valence-corrected chi connectivity index (χ2v) is 11.3. The van der Waals surface area contributed by atoms with E-state index < -0.39 is 0 Å². The van der Waals surface area contributed by atoms with Gasteiger partial charge in [0.05, 0.1) is 24.4 Å². The molecule has 2 heterocycles. The van der Waals surface area contributed by atoms with Crippen molar-refractivity contribution in [3.05, 3.63) is 35.4 Å². The van der Waals surface area contributed by atoms with Crippen molar-refractivity contribution in [2.75, 3.05) is 0 Å². The van der Waals surface area contributed by atoms with Gasteiger partial charge in [0, 0.05) is 0 Å². The van der Waals surface area contributed by atoms with Gasteiger partial charge >= 0.3 is 0 Å². The maximum absolute atomic E-state index is 5.78. The third-order valence-corrected chi connectivity index (χ3v) is 7.97. The fraction of sp³-hybridized carbons (Fsp3) is 0.769. The molecule has 0 bridgehead atoms. The van der Waals surface area contributed by atoms with Crippen LogP contribution in [-0.2, 0) is 20.3 Å². The highest BCUT2D eigenvalue weighted by Gasteiger charge is 2.46. The fourth-order valence-corrected chi connectivity index (χ4v) is 6.45. The lowest BCUT2D eigenvalue weighted by atomic mass is 9.66. The van der Waals surface area contributed by atoms with Gasteiger partial charge in [0.25, 0.3) is 0 Å². The molecule has 0 spiro atoms. The van der Waals surface area contributed by atoms with Crippen LogP contribution in [0.25, 0.3) is 0 Å². The maximum atomic E-state index is 5.78. The minimum absolute atomic E-state index is 0.133. The van der Waals surface area contributed by atoms with Crippen LogP contribution in [0.3, 0.4) is 0 Å². The van der Waals surface area contributed by atoms with E-state index in [1.165, 1.54) is 62.5 Å². The van der Waals surface area contributed by atoms with Crippen molar-refractivity contribution in [3.63, 3.8) is 0 Å². The molecular weight excluding hydrogens is 344 g/mol. The van der Waals surface area contributed by atoms with Crippen molar-refractivity contribution in [2.24, 2.45) is 11.8 Å². The Labute approximate surface area is 171 Å². The molecule has 0 N–H and O–H groups in total. The molecule has 2 aliphatic heterocycles. The van der Waals surface area contributed by atoms with Crippen molar-refractivity contribution < 1.29 is 9.47 Å². The molecule has 1 aromatic carbocycles. The minimum Gasteiger partial charge on any atom is -0.370 e. The molecule has 5 rings (SSSR count). The highest BCUT2D eigenvalue weighted by molar-refractivity contribution is 5.37. The smallest absolute Gasteiger partial charge is 0.0844 e. The van der Waals surface area contributed by atoms with E-state index >= 15 is 0 Å². The molecule has 2 saturated heterocycles. The van der Waals surface area contributed by atoms with E-state index in [4.69, 9.17) is 9.47 Å². The second-order valence-electron chi connectivity index (χ2n) is 11.3. The number of epoxide rings is 2. The zero-order valence-electron chi connectivity index (χ0n) is 18.1. The third kappa shape index (κ3) is 3.79. The number of fused-ring (bicyclic) bond motifs is 2. The number of hydrogen-bond acceptors (Lipinski definition) is 2. The maximum Gasteiger partial charge on any atom is 0.0844 e. The molecule has 4 aliphatic rings. The fourth-order valence-electron chi connectivity index (χ4n) is 6.45. The summed E-state index contributed by atoms with van der Waals surface area (Å²) in [6, 6.07) is 11.5. The van der Waals surface area contributed by atoms with Gasteiger partial charge in [-0.2, -0.15) is 0 Å². The van der Waals surface area contributed by atoms with Crippen LogP contribution >= 0.6 is 0 Å². The van der Waals surface area contributed by atoms with Crippen molar-refractivity contribution >= 4 is 0 Å². The lowest BCUT2D eigenvalue weighted by molar-refractivity contribution is 0.278. The summed E-state index contributed by atoms with van der Waals surface area (Å²) < 4.78 is 11.6. The number of rotatable bonds is 6. The van der Waals surface area contributed by atoms with E-state index in [0.717, 1.165) is 11.8 Å². The van der Waals surface area contributed by atoms with E-state index in [-0.39, 0.29) is 10.8 Å². The Kier molecular flexibility index (Phi) is 4.67. The molecule has 1 aromatic rings. The third-order valence-electron chi connectivity index (χ3n) is 7.97. The summed E-state index contributed by atoms with van der Waals surface area (Å²) in [5, 5.41) is 0. The zero-order valence-corrected chi connectivity index (χ0v) is 18.1. The van der Waals surface area contributed by atoms with Gasteiger partial charge < -0.3 is 9.47 Å². The Morgan fingerprint density at radius 2 is 1.14 bits per heavy atom. The first kappa shape index (κ1) is 19.1. The molecule has 2 aliphatic carbocycles. The van der Waals surface area contributed by atoms with Crippen molar-refractivity contribution in [1.29, 1.82) is 0 Å². The van der Waals surface area contributed by atoms with Crippen molar-refractivity contribution in [2.45, 2.75) is 114 Å². The van der Waals surface area contributed by atoms with Gasteiger partial charge in [-0.3, -0.25) is 0 Å². The van der Waals surface area contributed by atoms with Crippen LogP contribution in [0.1, 0.15) is 90.2 Å². The van der Waals surface area contributed by atoms with Crippen molar-refractivity contribution in [1.82, 2.24) is 0 Å². The standard InChI is InChI=1S/C26H36O2/c1-25(2,15-17-9-11-21-23(13-17)27-21)19-7-5-6-8-20(19)26(3,4)16-18-10-12-22-24(14-18)28-22/h5-6,17-18,21-24H,9-16H2,1-4H3. The van der Waals surface area contributed by atoms with Gasteiger partial charge in [-0.1, -0.05) is 39.8 Å². The van der Waals surface area contributed by atoms with Crippen molar-refractivity contribution in [3.8, 4) is 0 Å². The summed E-state index contributed by atoms with van der Waals surface area (Å²) in [6.07, 6.45) is 12.5. The average Bonchev–Trinajstić information content (AvgIpc) is 3.55. The first-order chi connectivity index (χ1) is 13.3. The molecule has 0 amide bonds. The Hall–Kier alpha value is -0.860. The van der Waals surface area contributed by atoms with E-state index in [9.17, 15) is 0 Å². The molecule has 2 heteroatoms. The summed E-state index contributed by atoms with van der Waals surface area (Å²) in [5.74, 6) is 1.57. The molecule has 2 saturated carbocycles. The summed E-state index contributed by atoms with van der Waals surface area (Å²) in [7, 11) is 0. The van der Waals surface area contributed by atoms with Gasteiger partial charge in [-0.15, -0.1) is 0 Å². The van der Waals surface area contributed by atoms with Crippen LogP contribution in [-0.4, -0.2) is 24.4 Å². The molecule has 2 radical (unpaired) electrons. The molecular formula is C26H36O2. The van der Waals surface area contributed by atoms with Gasteiger partial charge in [-0.25, -0.2) is 0 Å². The molecule has 28 heavy (non-hydrogen) atoms. The Morgan fingerprint density at radius 3 is 1.54 bits per heavy atom. The number of ether oxygens (including phenoxy) is 2. The van der Waals surface area contributed by atoms with E-state index in [2.05, 4.69) is 52.0 Å². The van der Waals surface area contributed by atoms with Gasteiger partial charge in [0.2, 0.25) is 0 Å².